The molecule has 29 heavy (non-hydrogen) atoms. The van der Waals surface area contributed by atoms with E-state index in [9.17, 15) is 9.59 Å². The first kappa shape index (κ1) is 21.3. The van der Waals surface area contributed by atoms with E-state index in [2.05, 4.69) is 20.4 Å². The number of ether oxygens (including phenoxy) is 1. The summed E-state index contributed by atoms with van der Waals surface area (Å²) in [6, 6.07) is 0. The lowest BCUT2D eigenvalue weighted by molar-refractivity contribution is -0.116. The molecule has 0 aliphatic heterocycles. The van der Waals surface area contributed by atoms with E-state index in [1.165, 1.54) is 30.2 Å². The van der Waals surface area contributed by atoms with Gasteiger partial charge < -0.3 is 10.1 Å². The van der Waals surface area contributed by atoms with Crippen molar-refractivity contribution in [3.05, 3.63) is 33.0 Å². The first-order valence-electron chi connectivity index (χ1n) is 9.01. The lowest BCUT2D eigenvalue weighted by Crippen LogP contribution is -2.16. The van der Waals surface area contributed by atoms with Gasteiger partial charge in [0.05, 0.1) is 12.7 Å². The third-order valence-electron chi connectivity index (χ3n) is 4.84. The number of carbonyl (C=O) groups excluding carboxylic acids is 2. The first-order chi connectivity index (χ1) is 13.8. The van der Waals surface area contributed by atoms with E-state index in [1.54, 1.807) is 4.52 Å². The summed E-state index contributed by atoms with van der Waals surface area (Å²) in [4.78, 5) is 34.5. The molecule has 0 saturated carbocycles. The molecule has 3 aromatic rings. The minimum atomic E-state index is -0.445. The quantitative estimate of drug-likeness (QED) is 0.469. The molecule has 8 nitrogen and oxygen atoms in total. The molecule has 0 saturated heterocycles. The van der Waals surface area contributed by atoms with Crippen LogP contribution in [-0.2, 0) is 16.0 Å². The lowest BCUT2D eigenvalue weighted by Gasteiger charge is -2.10. The van der Waals surface area contributed by atoms with Crippen LogP contribution in [0.4, 0.5) is 5.00 Å². The first-order valence-corrected chi connectivity index (χ1v) is 11.1. The van der Waals surface area contributed by atoms with E-state index in [1.807, 2.05) is 34.0 Å². The smallest absolute Gasteiger partial charge is 0.341 e. The molecule has 3 rings (SSSR count). The van der Waals surface area contributed by atoms with E-state index < -0.39 is 5.97 Å². The second kappa shape index (κ2) is 8.50. The van der Waals surface area contributed by atoms with Crippen molar-refractivity contribution in [2.45, 2.75) is 45.7 Å². The Balaban J connectivity index is 1.78. The van der Waals surface area contributed by atoms with Crippen molar-refractivity contribution in [3.8, 4) is 0 Å². The summed E-state index contributed by atoms with van der Waals surface area (Å²) in [5.41, 5.74) is 3.98. The fourth-order valence-corrected chi connectivity index (χ4v) is 4.53. The summed E-state index contributed by atoms with van der Waals surface area (Å²) < 4.78 is 6.57. The van der Waals surface area contributed by atoms with Gasteiger partial charge in [-0.15, -0.1) is 16.4 Å². The number of carbonyl (C=O) groups is 2. The summed E-state index contributed by atoms with van der Waals surface area (Å²) >= 11 is 2.84. The highest BCUT2D eigenvalue weighted by Crippen LogP contribution is 2.33. The predicted molar refractivity (Wildman–Crippen MR) is 114 cm³/mol. The van der Waals surface area contributed by atoms with Gasteiger partial charge in [0.1, 0.15) is 5.00 Å². The number of nitrogens with zero attached hydrogens (tertiary/aromatic N) is 4. The number of hydrogen-bond acceptors (Lipinski definition) is 8. The van der Waals surface area contributed by atoms with E-state index in [0.29, 0.717) is 27.9 Å². The summed E-state index contributed by atoms with van der Waals surface area (Å²) in [6.07, 6.45) is 2.69. The maximum absolute atomic E-state index is 12.6. The molecular formula is C19H23N5O3S2. The Kier molecular flexibility index (Phi) is 6.23. The van der Waals surface area contributed by atoms with Gasteiger partial charge in [0, 0.05) is 22.7 Å². The van der Waals surface area contributed by atoms with E-state index in [0.717, 1.165) is 27.4 Å². The Morgan fingerprint density at radius 3 is 2.59 bits per heavy atom. The van der Waals surface area contributed by atoms with Gasteiger partial charge in [-0.2, -0.15) is 4.98 Å². The highest BCUT2D eigenvalue weighted by Gasteiger charge is 2.22. The number of hydrogen-bond donors (Lipinski definition) is 1. The minimum absolute atomic E-state index is 0.168. The molecule has 3 heterocycles. The van der Waals surface area contributed by atoms with Gasteiger partial charge in [0.25, 0.3) is 5.78 Å². The van der Waals surface area contributed by atoms with Crippen molar-refractivity contribution in [2.75, 3.05) is 18.7 Å². The summed E-state index contributed by atoms with van der Waals surface area (Å²) in [5, 5.41) is 8.49. The molecule has 10 heteroatoms. The van der Waals surface area contributed by atoms with Crippen LogP contribution in [0.25, 0.3) is 5.78 Å². The van der Waals surface area contributed by atoms with E-state index >= 15 is 0 Å². The van der Waals surface area contributed by atoms with Crippen molar-refractivity contribution in [1.29, 1.82) is 0 Å². The Labute approximate surface area is 177 Å². The normalized spacial score (nSPS) is 11.1. The van der Waals surface area contributed by atoms with Gasteiger partial charge in [0.2, 0.25) is 11.1 Å². The molecule has 0 atom stereocenters. The molecule has 0 aliphatic carbocycles. The largest absolute Gasteiger partial charge is 0.465 e. The topological polar surface area (TPSA) is 98.5 Å². The number of thioether (sulfide) groups is 1. The molecular weight excluding hydrogens is 410 g/mol. The number of anilines is 1. The van der Waals surface area contributed by atoms with Gasteiger partial charge in [-0.1, -0.05) is 11.8 Å². The zero-order valence-corrected chi connectivity index (χ0v) is 18.9. The fraction of sp³-hybridized carbons (Fsp3) is 0.421. The van der Waals surface area contributed by atoms with Crippen LogP contribution in [0.1, 0.15) is 44.2 Å². The standard InChI is InChI=1S/C19H23N5O3S2/c1-9-12(4)29-16(15(9)17(26)27-5)21-14(25)8-7-13-10(2)20-18-22-19(28-6)23-24(18)11(13)3/h7-8H2,1-6H3,(H,21,25). The number of rotatable bonds is 6. The monoisotopic (exact) mass is 433 g/mol. The zero-order valence-electron chi connectivity index (χ0n) is 17.2. The van der Waals surface area contributed by atoms with Crippen molar-refractivity contribution in [2.24, 2.45) is 0 Å². The molecule has 0 spiro atoms. The Bertz CT molecular complexity index is 1100. The van der Waals surface area contributed by atoms with Gasteiger partial charge in [-0.25, -0.2) is 14.3 Å². The van der Waals surface area contributed by atoms with E-state index in [4.69, 9.17) is 4.74 Å². The van der Waals surface area contributed by atoms with Gasteiger partial charge in [-0.3, -0.25) is 4.79 Å². The van der Waals surface area contributed by atoms with Crippen molar-refractivity contribution < 1.29 is 14.3 Å². The predicted octanol–water partition coefficient (Wildman–Crippen LogP) is 3.50. The lowest BCUT2D eigenvalue weighted by atomic mass is 10.1. The van der Waals surface area contributed by atoms with Crippen LogP contribution in [0.2, 0.25) is 0 Å². The number of esters is 1. The molecule has 0 radical (unpaired) electrons. The van der Waals surface area contributed by atoms with Crippen LogP contribution >= 0.6 is 23.1 Å². The van der Waals surface area contributed by atoms with Crippen LogP contribution in [0.5, 0.6) is 0 Å². The van der Waals surface area contributed by atoms with E-state index in [-0.39, 0.29) is 12.3 Å². The number of aromatic nitrogens is 4. The zero-order chi connectivity index (χ0) is 21.3. The minimum Gasteiger partial charge on any atom is -0.465 e. The molecule has 3 aromatic heterocycles. The SMILES string of the molecule is COC(=O)c1c(NC(=O)CCc2c(C)nc3nc(SC)nn3c2C)sc(C)c1C. The molecule has 1 N–H and O–H groups in total. The van der Waals surface area contributed by atoms with Gasteiger partial charge in [0.15, 0.2) is 0 Å². The number of amides is 1. The summed E-state index contributed by atoms with van der Waals surface area (Å²) in [7, 11) is 1.33. The number of fused-ring (bicyclic) bond motifs is 1. The fourth-order valence-electron chi connectivity index (χ4n) is 3.13. The van der Waals surface area contributed by atoms with Crippen molar-refractivity contribution in [1.82, 2.24) is 19.6 Å². The van der Waals surface area contributed by atoms with Crippen LogP contribution in [0.15, 0.2) is 5.16 Å². The number of aryl methyl sites for hydroxylation is 3. The summed E-state index contributed by atoms with van der Waals surface area (Å²) in [6.45, 7) is 7.63. The summed E-state index contributed by atoms with van der Waals surface area (Å²) in [5.74, 6) is -0.0530. The molecule has 1 amide bonds. The van der Waals surface area contributed by atoms with Crippen LogP contribution in [0, 0.1) is 27.7 Å². The van der Waals surface area contributed by atoms with Crippen LogP contribution < -0.4 is 5.32 Å². The highest BCUT2D eigenvalue weighted by molar-refractivity contribution is 7.98. The van der Waals surface area contributed by atoms with Crippen LogP contribution in [-0.4, -0.2) is 44.8 Å². The second-order valence-electron chi connectivity index (χ2n) is 6.60. The molecule has 0 unspecified atom stereocenters. The molecule has 0 aliphatic rings. The number of thiophene rings is 1. The van der Waals surface area contributed by atoms with Crippen molar-refractivity contribution >= 4 is 45.8 Å². The maximum atomic E-state index is 12.6. The Morgan fingerprint density at radius 2 is 1.93 bits per heavy atom. The number of nitrogens with one attached hydrogen (secondary N) is 1. The highest BCUT2D eigenvalue weighted by atomic mass is 32.2. The third-order valence-corrected chi connectivity index (χ3v) is 6.50. The molecule has 0 bridgehead atoms. The Hall–Kier alpha value is -2.46. The average molecular weight is 434 g/mol. The maximum Gasteiger partial charge on any atom is 0.341 e. The van der Waals surface area contributed by atoms with Crippen LogP contribution in [0.3, 0.4) is 0 Å². The second-order valence-corrected chi connectivity index (χ2v) is 8.60. The van der Waals surface area contributed by atoms with Crippen molar-refractivity contribution in [3.63, 3.8) is 0 Å². The Morgan fingerprint density at radius 1 is 1.21 bits per heavy atom. The van der Waals surface area contributed by atoms with Gasteiger partial charge >= 0.3 is 5.97 Å². The molecule has 154 valence electrons. The third kappa shape index (κ3) is 4.13. The molecule has 0 fully saturated rings. The number of methoxy groups -OCH3 is 1. The average Bonchev–Trinajstić information content (AvgIpc) is 3.21. The van der Waals surface area contributed by atoms with Gasteiger partial charge in [-0.05, 0) is 51.5 Å². The molecule has 0 aromatic carbocycles.